The van der Waals surface area contributed by atoms with Crippen LogP contribution in [0.5, 0.6) is 0 Å². The third kappa shape index (κ3) is 3.35. The molecule has 0 spiro atoms. The van der Waals surface area contributed by atoms with E-state index >= 15 is 0 Å². The van der Waals surface area contributed by atoms with Gasteiger partial charge in [-0.25, -0.2) is 0 Å². The molecule has 0 radical (unpaired) electrons. The van der Waals surface area contributed by atoms with Gasteiger partial charge >= 0.3 is 0 Å². The zero-order valence-electron chi connectivity index (χ0n) is 12.5. The van der Waals surface area contributed by atoms with Gasteiger partial charge in [-0.05, 0) is 31.5 Å². The van der Waals surface area contributed by atoms with Gasteiger partial charge < -0.3 is 10.6 Å². The highest BCUT2D eigenvalue weighted by Gasteiger charge is 2.27. The molecule has 2 atom stereocenters. The molecule has 1 fully saturated rings. The Kier molecular flexibility index (Phi) is 4.97. The Morgan fingerprint density at radius 2 is 1.79 bits per heavy atom. The molecular formula is C16H27N3. The molecule has 3 heteroatoms. The van der Waals surface area contributed by atoms with Crippen LogP contribution in [0.25, 0.3) is 0 Å². The van der Waals surface area contributed by atoms with E-state index in [1.165, 1.54) is 11.1 Å². The monoisotopic (exact) mass is 261 g/mol. The number of rotatable bonds is 4. The van der Waals surface area contributed by atoms with Crippen LogP contribution >= 0.6 is 0 Å². The van der Waals surface area contributed by atoms with E-state index in [1.54, 1.807) is 0 Å². The first kappa shape index (κ1) is 14.5. The zero-order chi connectivity index (χ0) is 13.8. The normalized spacial score (nSPS) is 21.3. The van der Waals surface area contributed by atoms with Gasteiger partial charge in [0, 0.05) is 38.3 Å². The Labute approximate surface area is 117 Å². The largest absolute Gasteiger partial charge is 0.326 e. The van der Waals surface area contributed by atoms with E-state index in [4.69, 9.17) is 5.73 Å². The highest BCUT2D eigenvalue weighted by atomic mass is 15.3. The maximum atomic E-state index is 6.28. The highest BCUT2D eigenvalue weighted by Crippen LogP contribution is 2.27. The first-order valence-electron chi connectivity index (χ1n) is 7.41. The van der Waals surface area contributed by atoms with Crippen molar-refractivity contribution in [3.8, 4) is 0 Å². The van der Waals surface area contributed by atoms with Crippen LogP contribution in [0.15, 0.2) is 24.3 Å². The molecule has 0 saturated carbocycles. The standard InChI is InChI=1S/C16H27N3/c1-4-18-9-11-19(12-10-18)16(14(3)17)15-8-6-5-7-13(15)2/h5-8,14,16H,4,9-12,17H2,1-3H3. The molecular weight excluding hydrogens is 234 g/mol. The molecule has 1 aromatic rings. The summed E-state index contributed by atoms with van der Waals surface area (Å²) in [6.45, 7) is 12.3. The predicted molar refractivity (Wildman–Crippen MR) is 81.3 cm³/mol. The smallest absolute Gasteiger partial charge is 0.0500 e. The third-order valence-corrected chi connectivity index (χ3v) is 4.25. The number of piperazine rings is 1. The average Bonchev–Trinajstić information content (AvgIpc) is 2.42. The van der Waals surface area contributed by atoms with E-state index in [1.807, 2.05) is 0 Å². The fourth-order valence-electron chi connectivity index (χ4n) is 3.09. The summed E-state index contributed by atoms with van der Waals surface area (Å²) in [7, 11) is 0. The summed E-state index contributed by atoms with van der Waals surface area (Å²) in [5.41, 5.74) is 9.02. The molecule has 2 rings (SSSR count). The van der Waals surface area contributed by atoms with Crippen LogP contribution in [0.4, 0.5) is 0 Å². The molecule has 19 heavy (non-hydrogen) atoms. The first-order chi connectivity index (χ1) is 9.13. The lowest BCUT2D eigenvalue weighted by Crippen LogP contribution is -2.50. The van der Waals surface area contributed by atoms with Gasteiger partial charge in [-0.15, -0.1) is 0 Å². The molecule has 1 aliphatic rings. The molecule has 106 valence electrons. The summed E-state index contributed by atoms with van der Waals surface area (Å²) in [6.07, 6.45) is 0. The maximum Gasteiger partial charge on any atom is 0.0500 e. The molecule has 2 N–H and O–H groups in total. The maximum absolute atomic E-state index is 6.28. The predicted octanol–water partition coefficient (Wildman–Crippen LogP) is 2.02. The zero-order valence-corrected chi connectivity index (χ0v) is 12.5. The Morgan fingerprint density at radius 3 is 2.32 bits per heavy atom. The van der Waals surface area contributed by atoms with Gasteiger partial charge in [0.25, 0.3) is 0 Å². The molecule has 2 unspecified atom stereocenters. The van der Waals surface area contributed by atoms with Crippen LogP contribution in [0, 0.1) is 6.92 Å². The van der Waals surface area contributed by atoms with Gasteiger partial charge in [-0.2, -0.15) is 0 Å². The van der Waals surface area contributed by atoms with E-state index < -0.39 is 0 Å². The summed E-state index contributed by atoms with van der Waals surface area (Å²) in [5.74, 6) is 0. The first-order valence-corrected chi connectivity index (χ1v) is 7.41. The van der Waals surface area contributed by atoms with Crippen LogP contribution in [0.3, 0.4) is 0 Å². The lowest BCUT2D eigenvalue weighted by molar-refractivity contribution is 0.0895. The van der Waals surface area contributed by atoms with Crippen molar-refractivity contribution in [3.63, 3.8) is 0 Å². The van der Waals surface area contributed by atoms with E-state index in [2.05, 4.69) is 54.8 Å². The minimum Gasteiger partial charge on any atom is -0.326 e. The second-order valence-corrected chi connectivity index (χ2v) is 5.63. The van der Waals surface area contributed by atoms with Crippen molar-refractivity contribution >= 4 is 0 Å². The van der Waals surface area contributed by atoms with Crippen molar-refractivity contribution in [1.82, 2.24) is 9.80 Å². The Balaban J connectivity index is 2.16. The quantitative estimate of drug-likeness (QED) is 0.900. The lowest BCUT2D eigenvalue weighted by Gasteiger charge is -2.41. The number of hydrogen-bond acceptors (Lipinski definition) is 3. The van der Waals surface area contributed by atoms with Gasteiger partial charge in [0.2, 0.25) is 0 Å². The van der Waals surface area contributed by atoms with E-state index in [0.717, 1.165) is 32.7 Å². The molecule has 0 bridgehead atoms. The van der Waals surface area contributed by atoms with Crippen LogP contribution in [-0.2, 0) is 0 Å². The third-order valence-electron chi connectivity index (χ3n) is 4.25. The highest BCUT2D eigenvalue weighted by molar-refractivity contribution is 5.30. The topological polar surface area (TPSA) is 32.5 Å². The lowest BCUT2D eigenvalue weighted by atomic mass is 9.94. The van der Waals surface area contributed by atoms with Crippen molar-refractivity contribution in [3.05, 3.63) is 35.4 Å². The Morgan fingerprint density at radius 1 is 1.16 bits per heavy atom. The molecule has 1 aromatic carbocycles. The summed E-state index contributed by atoms with van der Waals surface area (Å²) < 4.78 is 0. The van der Waals surface area contributed by atoms with E-state index in [-0.39, 0.29) is 6.04 Å². The van der Waals surface area contributed by atoms with Gasteiger partial charge in [0.05, 0.1) is 0 Å². The van der Waals surface area contributed by atoms with E-state index in [9.17, 15) is 0 Å². The minimum absolute atomic E-state index is 0.161. The molecule has 0 aromatic heterocycles. The molecule has 0 amide bonds. The summed E-state index contributed by atoms with van der Waals surface area (Å²) in [4.78, 5) is 5.06. The second-order valence-electron chi connectivity index (χ2n) is 5.63. The van der Waals surface area contributed by atoms with Crippen molar-refractivity contribution < 1.29 is 0 Å². The van der Waals surface area contributed by atoms with Crippen molar-refractivity contribution in [2.45, 2.75) is 32.9 Å². The van der Waals surface area contributed by atoms with Crippen LogP contribution < -0.4 is 5.73 Å². The number of benzene rings is 1. The number of nitrogens with zero attached hydrogens (tertiary/aromatic N) is 2. The minimum atomic E-state index is 0.161. The Hall–Kier alpha value is -0.900. The molecule has 1 aliphatic heterocycles. The summed E-state index contributed by atoms with van der Waals surface area (Å²) in [5, 5.41) is 0. The van der Waals surface area contributed by atoms with Crippen LogP contribution in [-0.4, -0.2) is 48.6 Å². The fraction of sp³-hybridized carbons (Fsp3) is 0.625. The Bertz CT molecular complexity index is 395. The molecule has 3 nitrogen and oxygen atoms in total. The number of likely N-dealkylation sites (N-methyl/N-ethyl adjacent to an activating group) is 1. The van der Waals surface area contributed by atoms with Crippen molar-refractivity contribution in [1.29, 1.82) is 0 Å². The number of nitrogens with two attached hydrogens (primary N) is 1. The molecule has 0 aliphatic carbocycles. The molecule has 1 saturated heterocycles. The van der Waals surface area contributed by atoms with Crippen molar-refractivity contribution in [2.75, 3.05) is 32.7 Å². The van der Waals surface area contributed by atoms with Crippen molar-refractivity contribution in [2.24, 2.45) is 5.73 Å². The second kappa shape index (κ2) is 6.51. The number of aryl methyl sites for hydroxylation is 1. The molecule has 1 heterocycles. The summed E-state index contributed by atoms with van der Waals surface area (Å²) >= 11 is 0. The summed E-state index contributed by atoms with van der Waals surface area (Å²) in [6, 6.07) is 9.16. The van der Waals surface area contributed by atoms with E-state index in [0.29, 0.717) is 6.04 Å². The average molecular weight is 261 g/mol. The van der Waals surface area contributed by atoms with Crippen LogP contribution in [0.1, 0.15) is 31.0 Å². The van der Waals surface area contributed by atoms with Gasteiger partial charge in [0.1, 0.15) is 0 Å². The fourth-order valence-corrected chi connectivity index (χ4v) is 3.09. The van der Waals surface area contributed by atoms with Gasteiger partial charge in [-0.3, -0.25) is 4.90 Å². The van der Waals surface area contributed by atoms with Gasteiger partial charge in [0.15, 0.2) is 0 Å². The van der Waals surface area contributed by atoms with Crippen LogP contribution in [0.2, 0.25) is 0 Å². The van der Waals surface area contributed by atoms with Gasteiger partial charge in [-0.1, -0.05) is 31.2 Å². The SMILES string of the molecule is CCN1CCN(C(c2ccccc2C)C(C)N)CC1. The number of hydrogen-bond donors (Lipinski definition) is 1.